The summed E-state index contributed by atoms with van der Waals surface area (Å²) < 4.78 is 5.67. The highest BCUT2D eigenvalue weighted by atomic mass is 32.2. The van der Waals surface area contributed by atoms with E-state index >= 15 is 0 Å². The van der Waals surface area contributed by atoms with E-state index in [4.69, 9.17) is 10.3 Å². The highest BCUT2D eigenvalue weighted by Gasteiger charge is 2.22. The molecule has 1 unspecified atom stereocenters. The molecule has 21 heavy (non-hydrogen) atoms. The van der Waals surface area contributed by atoms with Crippen LogP contribution in [-0.4, -0.2) is 35.9 Å². The minimum atomic E-state index is -0.396. The van der Waals surface area contributed by atoms with Crippen molar-refractivity contribution in [3.05, 3.63) is 35.6 Å². The topological polar surface area (TPSA) is 71.5 Å². The van der Waals surface area contributed by atoms with Crippen LogP contribution in [0.2, 0.25) is 0 Å². The van der Waals surface area contributed by atoms with E-state index in [9.17, 15) is 4.79 Å². The number of rotatable bonds is 6. The molecule has 6 heteroatoms. The quantitative estimate of drug-likeness (QED) is 0.486. The second kappa shape index (κ2) is 6.98. The highest BCUT2D eigenvalue weighted by Crippen LogP contribution is 2.27. The number of hydrogen-bond acceptors (Lipinski definition) is 5. The fraction of sp³-hybridized carbons (Fsp3) is 0.400. The number of furan rings is 1. The third-order valence-corrected chi connectivity index (χ3v) is 4.42. The lowest BCUT2D eigenvalue weighted by Gasteiger charge is -2.23. The van der Waals surface area contributed by atoms with Crippen LogP contribution in [0.15, 0.2) is 28.7 Å². The molecule has 0 saturated carbocycles. The zero-order valence-electron chi connectivity index (χ0n) is 12.6. The van der Waals surface area contributed by atoms with E-state index in [1.165, 1.54) is 0 Å². The van der Waals surface area contributed by atoms with E-state index in [2.05, 4.69) is 23.5 Å². The molecule has 1 atom stereocenters. The number of fused-ring (bicyclic) bond motifs is 1. The third-order valence-electron chi connectivity index (χ3n) is 3.60. The summed E-state index contributed by atoms with van der Waals surface area (Å²) in [5, 5.41) is 0.958. The van der Waals surface area contributed by atoms with Crippen molar-refractivity contribution in [2.45, 2.75) is 19.5 Å². The number of nitrogens with one attached hydrogen (secondary N) is 1. The molecule has 2 aromatic rings. The molecule has 1 amide bonds. The first-order chi connectivity index (χ1) is 10.1. The number of nitrogens with two attached hydrogens (primary N) is 1. The van der Waals surface area contributed by atoms with E-state index in [-0.39, 0.29) is 0 Å². The molecule has 0 bridgehead atoms. The van der Waals surface area contributed by atoms with Crippen LogP contribution in [-0.2, 0) is 6.54 Å². The predicted octanol–water partition coefficient (Wildman–Crippen LogP) is 2.22. The summed E-state index contributed by atoms with van der Waals surface area (Å²) in [4.78, 5) is 14.1. The van der Waals surface area contributed by atoms with Gasteiger partial charge in [0.15, 0.2) is 5.76 Å². The Labute approximate surface area is 128 Å². The van der Waals surface area contributed by atoms with Crippen molar-refractivity contribution in [1.29, 1.82) is 0 Å². The Balaban J connectivity index is 2.38. The second-order valence-electron chi connectivity index (χ2n) is 5.10. The van der Waals surface area contributed by atoms with E-state index in [1.54, 1.807) is 11.8 Å². The van der Waals surface area contributed by atoms with Gasteiger partial charge in [0.1, 0.15) is 5.58 Å². The molecule has 1 aromatic carbocycles. The molecule has 1 heterocycles. The van der Waals surface area contributed by atoms with Crippen LogP contribution in [0.5, 0.6) is 0 Å². The first-order valence-electron chi connectivity index (χ1n) is 6.79. The summed E-state index contributed by atoms with van der Waals surface area (Å²) in [7, 11) is 2.05. The molecule has 3 N–H and O–H groups in total. The van der Waals surface area contributed by atoms with Crippen molar-refractivity contribution < 1.29 is 9.21 Å². The van der Waals surface area contributed by atoms with E-state index in [0.717, 1.165) is 16.7 Å². The van der Waals surface area contributed by atoms with Gasteiger partial charge < -0.3 is 4.42 Å². The summed E-state index contributed by atoms with van der Waals surface area (Å²) in [6.45, 7) is 2.81. The molecular formula is C15H21N3O2S. The molecule has 0 aliphatic rings. The maximum atomic E-state index is 11.9. The summed E-state index contributed by atoms with van der Waals surface area (Å²) in [6, 6.07) is 8.06. The average Bonchev–Trinajstić information content (AvgIpc) is 2.85. The van der Waals surface area contributed by atoms with E-state index in [0.29, 0.717) is 23.9 Å². The van der Waals surface area contributed by atoms with Crippen molar-refractivity contribution in [2.24, 2.45) is 5.84 Å². The molecule has 114 valence electrons. The Hall–Kier alpha value is -1.50. The van der Waals surface area contributed by atoms with Crippen molar-refractivity contribution in [3.63, 3.8) is 0 Å². The van der Waals surface area contributed by atoms with Gasteiger partial charge in [-0.15, -0.1) is 0 Å². The maximum absolute atomic E-state index is 11.9. The van der Waals surface area contributed by atoms with Gasteiger partial charge in [-0.3, -0.25) is 15.1 Å². The fourth-order valence-corrected chi connectivity index (χ4v) is 3.02. The number of amides is 1. The normalized spacial score (nSPS) is 12.8. The number of hydrazine groups is 1. The number of nitrogen functional groups attached to an aromatic ring is 1. The van der Waals surface area contributed by atoms with Crippen molar-refractivity contribution in [3.8, 4) is 0 Å². The van der Waals surface area contributed by atoms with Crippen LogP contribution in [0.3, 0.4) is 0 Å². The highest BCUT2D eigenvalue weighted by molar-refractivity contribution is 7.98. The average molecular weight is 307 g/mol. The Kier molecular flexibility index (Phi) is 5.27. The third kappa shape index (κ3) is 3.40. The first-order valence-corrected chi connectivity index (χ1v) is 8.18. The van der Waals surface area contributed by atoms with Crippen LogP contribution < -0.4 is 11.3 Å². The lowest BCUT2D eigenvalue weighted by molar-refractivity contribution is 0.0925. The van der Waals surface area contributed by atoms with Crippen molar-refractivity contribution in [2.75, 3.05) is 19.1 Å². The van der Waals surface area contributed by atoms with E-state index < -0.39 is 5.91 Å². The van der Waals surface area contributed by atoms with Gasteiger partial charge in [0.2, 0.25) is 0 Å². The first kappa shape index (κ1) is 15.9. The summed E-state index contributed by atoms with van der Waals surface area (Å²) >= 11 is 1.80. The van der Waals surface area contributed by atoms with Crippen LogP contribution in [0, 0.1) is 0 Å². The van der Waals surface area contributed by atoms with Crippen LogP contribution in [0.1, 0.15) is 23.0 Å². The molecule has 0 aliphatic heterocycles. The standard InChI is InChI=1S/C15H21N3O2S/c1-10(9-21-3)18(2)8-12-11-6-4-5-7-13(11)20-14(12)15(19)17-16/h4-7,10H,8-9,16H2,1-3H3,(H,17,19). The number of carbonyl (C=O) groups is 1. The number of nitrogens with zero attached hydrogens (tertiary/aromatic N) is 1. The van der Waals surface area contributed by atoms with Crippen LogP contribution >= 0.6 is 11.8 Å². The lowest BCUT2D eigenvalue weighted by atomic mass is 10.1. The monoisotopic (exact) mass is 307 g/mol. The van der Waals surface area contributed by atoms with Gasteiger partial charge in [-0.05, 0) is 26.3 Å². The van der Waals surface area contributed by atoms with Gasteiger partial charge in [-0.1, -0.05) is 18.2 Å². The molecule has 0 saturated heterocycles. The number of hydrogen-bond donors (Lipinski definition) is 2. The number of thioether (sulfide) groups is 1. The summed E-state index contributed by atoms with van der Waals surface area (Å²) in [5.74, 6) is 6.19. The number of carbonyl (C=O) groups excluding carboxylic acids is 1. The Morgan fingerprint density at radius 1 is 1.48 bits per heavy atom. The zero-order valence-corrected chi connectivity index (χ0v) is 13.4. The Morgan fingerprint density at radius 3 is 2.86 bits per heavy atom. The summed E-state index contributed by atoms with van der Waals surface area (Å²) in [6.07, 6.45) is 2.09. The minimum absolute atomic E-state index is 0.293. The number of para-hydroxylation sites is 1. The number of benzene rings is 1. The van der Waals surface area contributed by atoms with Crippen LogP contribution in [0.4, 0.5) is 0 Å². The molecule has 0 aliphatic carbocycles. The summed E-state index contributed by atoms with van der Waals surface area (Å²) in [5.41, 5.74) is 3.74. The Morgan fingerprint density at radius 2 is 2.19 bits per heavy atom. The van der Waals surface area contributed by atoms with Gasteiger partial charge >= 0.3 is 5.91 Å². The largest absolute Gasteiger partial charge is 0.451 e. The van der Waals surface area contributed by atoms with E-state index in [1.807, 2.05) is 31.3 Å². The zero-order chi connectivity index (χ0) is 15.4. The van der Waals surface area contributed by atoms with Gasteiger partial charge in [0.05, 0.1) is 0 Å². The fourth-order valence-electron chi connectivity index (χ4n) is 2.28. The molecular weight excluding hydrogens is 286 g/mol. The van der Waals surface area contributed by atoms with Gasteiger partial charge in [0.25, 0.3) is 0 Å². The molecule has 5 nitrogen and oxygen atoms in total. The molecule has 2 rings (SSSR count). The molecule has 1 aromatic heterocycles. The second-order valence-corrected chi connectivity index (χ2v) is 6.01. The van der Waals surface area contributed by atoms with Gasteiger partial charge in [-0.25, -0.2) is 5.84 Å². The van der Waals surface area contributed by atoms with Gasteiger partial charge in [0, 0.05) is 29.3 Å². The lowest BCUT2D eigenvalue weighted by Crippen LogP contribution is -2.33. The minimum Gasteiger partial charge on any atom is -0.451 e. The molecule has 0 spiro atoms. The molecule has 0 radical (unpaired) electrons. The van der Waals surface area contributed by atoms with Crippen molar-refractivity contribution >= 4 is 28.6 Å². The van der Waals surface area contributed by atoms with Gasteiger partial charge in [-0.2, -0.15) is 11.8 Å². The molecule has 0 fully saturated rings. The predicted molar refractivity (Wildman–Crippen MR) is 87.2 cm³/mol. The Bertz CT molecular complexity index is 626. The van der Waals surface area contributed by atoms with Crippen molar-refractivity contribution in [1.82, 2.24) is 10.3 Å². The maximum Gasteiger partial charge on any atom is 0.301 e. The smallest absolute Gasteiger partial charge is 0.301 e. The van der Waals surface area contributed by atoms with Crippen LogP contribution in [0.25, 0.3) is 11.0 Å². The SMILES string of the molecule is CSCC(C)N(C)Cc1c(C(=O)NN)oc2ccccc12.